The number of hydrogen-bond acceptors (Lipinski definition) is 5. The third-order valence-corrected chi connectivity index (χ3v) is 5.00. The van der Waals surface area contributed by atoms with Crippen molar-refractivity contribution < 1.29 is 9.53 Å². The Kier molecular flexibility index (Phi) is 8.70. The van der Waals surface area contributed by atoms with Crippen molar-refractivity contribution in [3.63, 3.8) is 0 Å². The molecule has 0 aliphatic heterocycles. The van der Waals surface area contributed by atoms with Crippen LogP contribution in [0.2, 0.25) is 0 Å². The number of carbonyl (C=O) groups is 1. The number of aromatic nitrogens is 2. The van der Waals surface area contributed by atoms with Crippen LogP contribution in [0.15, 0.2) is 33.9 Å². The number of ether oxygens (including phenoxy) is 1. The van der Waals surface area contributed by atoms with Gasteiger partial charge in [-0.05, 0) is 30.5 Å². The number of anilines is 2. The van der Waals surface area contributed by atoms with Crippen molar-refractivity contribution in [1.29, 1.82) is 0 Å². The van der Waals surface area contributed by atoms with Gasteiger partial charge in [-0.25, -0.2) is 4.79 Å². The molecule has 0 unspecified atom stereocenters. The molecule has 8 nitrogen and oxygen atoms in total. The fraction of sp³-hybridized carbons (Fsp3) is 0.500. The van der Waals surface area contributed by atoms with E-state index in [-0.39, 0.29) is 23.8 Å². The lowest BCUT2D eigenvalue weighted by atomic mass is 10.1. The highest BCUT2D eigenvalue weighted by Crippen LogP contribution is 2.21. The standard InChI is InChI=1S/C22H32N4O4/c1-4-6-8-13-25(18(27)15-16-10-9-11-17(14-16)30-3)19-20(23)26(12-7-5-2)22(29)24-21(19)28/h9-11,14H,4-8,12-13,15,23H2,1-3H3,(H,24,28,29). The van der Waals surface area contributed by atoms with Gasteiger partial charge in [-0.3, -0.25) is 19.1 Å². The number of carbonyl (C=O) groups excluding carboxylic acids is 1. The lowest BCUT2D eigenvalue weighted by Gasteiger charge is -2.25. The van der Waals surface area contributed by atoms with Crippen LogP contribution in [0.3, 0.4) is 0 Å². The molecule has 164 valence electrons. The number of H-pyrrole nitrogens is 1. The molecule has 2 aromatic rings. The van der Waals surface area contributed by atoms with Crippen LogP contribution in [-0.4, -0.2) is 29.1 Å². The first-order chi connectivity index (χ1) is 14.4. The van der Waals surface area contributed by atoms with Crippen LogP contribution in [0.25, 0.3) is 0 Å². The molecule has 0 aliphatic rings. The lowest BCUT2D eigenvalue weighted by Crippen LogP contribution is -2.42. The predicted molar refractivity (Wildman–Crippen MR) is 119 cm³/mol. The first-order valence-corrected chi connectivity index (χ1v) is 10.5. The molecular weight excluding hydrogens is 384 g/mol. The summed E-state index contributed by atoms with van der Waals surface area (Å²) in [4.78, 5) is 41.9. The molecule has 1 aromatic heterocycles. The summed E-state index contributed by atoms with van der Waals surface area (Å²) in [6, 6.07) is 7.24. The number of nitrogens with two attached hydrogens (primary N) is 1. The van der Waals surface area contributed by atoms with E-state index in [0.29, 0.717) is 18.8 Å². The maximum Gasteiger partial charge on any atom is 0.330 e. The molecule has 30 heavy (non-hydrogen) atoms. The van der Waals surface area contributed by atoms with Gasteiger partial charge in [0.15, 0.2) is 5.69 Å². The van der Waals surface area contributed by atoms with Gasteiger partial charge >= 0.3 is 5.69 Å². The van der Waals surface area contributed by atoms with Crippen molar-refractivity contribution in [2.75, 3.05) is 24.3 Å². The molecule has 1 aromatic carbocycles. The molecule has 0 saturated heterocycles. The Hall–Kier alpha value is -3.03. The maximum absolute atomic E-state index is 13.2. The normalized spacial score (nSPS) is 10.8. The number of nitrogens with one attached hydrogen (secondary N) is 1. The van der Waals surface area contributed by atoms with E-state index in [4.69, 9.17) is 10.5 Å². The predicted octanol–water partition coefficient (Wildman–Crippen LogP) is 2.69. The number of nitrogen functional groups attached to an aromatic ring is 1. The zero-order chi connectivity index (χ0) is 22.1. The average Bonchev–Trinajstić information content (AvgIpc) is 2.72. The fourth-order valence-corrected chi connectivity index (χ4v) is 3.31. The van der Waals surface area contributed by atoms with Gasteiger partial charge in [0, 0.05) is 13.1 Å². The van der Waals surface area contributed by atoms with Crippen LogP contribution in [-0.2, 0) is 17.8 Å². The minimum Gasteiger partial charge on any atom is -0.497 e. The monoisotopic (exact) mass is 416 g/mol. The summed E-state index contributed by atoms with van der Waals surface area (Å²) in [5, 5.41) is 0. The molecule has 0 saturated carbocycles. The van der Waals surface area contributed by atoms with Crippen molar-refractivity contribution in [3.8, 4) is 5.75 Å². The highest BCUT2D eigenvalue weighted by atomic mass is 16.5. The number of rotatable bonds is 11. The second-order valence-corrected chi connectivity index (χ2v) is 7.28. The number of aromatic amines is 1. The number of nitrogens with zero attached hydrogens (tertiary/aromatic N) is 2. The van der Waals surface area contributed by atoms with E-state index in [0.717, 1.165) is 37.7 Å². The molecule has 0 radical (unpaired) electrons. The molecule has 0 atom stereocenters. The second-order valence-electron chi connectivity index (χ2n) is 7.28. The van der Waals surface area contributed by atoms with E-state index in [1.165, 1.54) is 9.47 Å². The molecule has 0 bridgehead atoms. The smallest absolute Gasteiger partial charge is 0.330 e. The van der Waals surface area contributed by atoms with Crippen LogP contribution in [0, 0.1) is 0 Å². The van der Waals surface area contributed by atoms with Crippen LogP contribution in [0.4, 0.5) is 11.5 Å². The molecule has 2 rings (SSSR count). The van der Waals surface area contributed by atoms with Crippen LogP contribution in [0.5, 0.6) is 5.75 Å². The maximum atomic E-state index is 13.2. The Morgan fingerprint density at radius 3 is 2.57 bits per heavy atom. The topological polar surface area (TPSA) is 110 Å². The Morgan fingerprint density at radius 1 is 1.17 bits per heavy atom. The zero-order valence-electron chi connectivity index (χ0n) is 18.1. The SMILES string of the molecule is CCCCCN(C(=O)Cc1cccc(OC)c1)c1c(N)n(CCCC)c(=O)[nH]c1=O. The Balaban J connectivity index is 2.43. The van der Waals surface area contributed by atoms with E-state index in [2.05, 4.69) is 11.9 Å². The largest absolute Gasteiger partial charge is 0.497 e. The van der Waals surface area contributed by atoms with Crippen molar-refractivity contribution in [2.24, 2.45) is 0 Å². The van der Waals surface area contributed by atoms with Gasteiger partial charge in [0.25, 0.3) is 5.56 Å². The van der Waals surface area contributed by atoms with Gasteiger partial charge in [0.1, 0.15) is 11.6 Å². The summed E-state index contributed by atoms with van der Waals surface area (Å²) in [6.45, 7) is 4.81. The number of benzene rings is 1. The van der Waals surface area contributed by atoms with Crippen LogP contribution in [0.1, 0.15) is 51.5 Å². The molecule has 0 aliphatic carbocycles. The summed E-state index contributed by atoms with van der Waals surface area (Å²) >= 11 is 0. The molecule has 0 spiro atoms. The lowest BCUT2D eigenvalue weighted by molar-refractivity contribution is -0.118. The first kappa shape index (κ1) is 23.3. The molecule has 3 N–H and O–H groups in total. The molecule has 8 heteroatoms. The summed E-state index contributed by atoms with van der Waals surface area (Å²) in [5.41, 5.74) is 5.87. The van der Waals surface area contributed by atoms with Gasteiger partial charge in [-0.1, -0.05) is 45.2 Å². The Bertz CT molecular complexity index is 964. The molecule has 1 amide bonds. The summed E-state index contributed by atoms with van der Waals surface area (Å²) in [6.07, 6.45) is 4.32. The molecule has 1 heterocycles. The molecular formula is C22H32N4O4. The molecule has 0 fully saturated rings. The highest BCUT2D eigenvalue weighted by molar-refractivity contribution is 5.96. The van der Waals surface area contributed by atoms with Gasteiger partial charge < -0.3 is 15.4 Å². The van der Waals surface area contributed by atoms with Gasteiger partial charge in [0.05, 0.1) is 13.5 Å². The minimum atomic E-state index is -0.638. The first-order valence-electron chi connectivity index (χ1n) is 10.5. The van der Waals surface area contributed by atoms with E-state index in [1.807, 2.05) is 19.1 Å². The van der Waals surface area contributed by atoms with Crippen LogP contribution < -0.4 is 26.6 Å². The van der Waals surface area contributed by atoms with Gasteiger partial charge in [0.2, 0.25) is 5.91 Å². The Labute approximate surface area is 176 Å². The highest BCUT2D eigenvalue weighted by Gasteiger charge is 2.24. The van der Waals surface area contributed by atoms with E-state index < -0.39 is 11.2 Å². The van der Waals surface area contributed by atoms with Gasteiger partial charge in [-0.2, -0.15) is 0 Å². The summed E-state index contributed by atoms with van der Waals surface area (Å²) in [5.74, 6) is 0.438. The minimum absolute atomic E-state index is 0.0349. The summed E-state index contributed by atoms with van der Waals surface area (Å²) in [7, 11) is 1.57. The number of methoxy groups -OCH3 is 1. The third kappa shape index (κ3) is 5.75. The van der Waals surface area contributed by atoms with Crippen molar-refractivity contribution in [1.82, 2.24) is 9.55 Å². The van der Waals surface area contributed by atoms with E-state index in [1.54, 1.807) is 19.2 Å². The average molecular weight is 417 g/mol. The fourth-order valence-electron chi connectivity index (χ4n) is 3.31. The second kappa shape index (κ2) is 11.2. The van der Waals surface area contributed by atoms with Gasteiger partial charge in [-0.15, -0.1) is 0 Å². The van der Waals surface area contributed by atoms with Crippen molar-refractivity contribution in [2.45, 2.75) is 58.9 Å². The van der Waals surface area contributed by atoms with E-state index in [9.17, 15) is 14.4 Å². The quantitative estimate of drug-likeness (QED) is 0.547. The van der Waals surface area contributed by atoms with E-state index >= 15 is 0 Å². The Morgan fingerprint density at radius 2 is 1.90 bits per heavy atom. The van der Waals surface area contributed by atoms with Crippen molar-refractivity contribution >= 4 is 17.4 Å². The number of amides is 1. The zero-order valence-corrected chi connectivity index (χ0v) is 18.1. The number of hydrogen-bond donors (Lipinski definition) is 2. The summed E-state index contributed by atoms with van der Waals surface area (Å²) < 4.78 is 6.57. The third-order valence-electron chi connectivity index (χ3n) is 5.00. The van der Waals surface area contributed by atoms with Crippen molar-refractivity contribution in [3.05, 3.63) is 50.7 Å². The number of unbranched alkanes of at least 4 members (excludes halogenated alkanes) is 3. The van der Waals surface area contributed by atoms with Crippen LogP contribution >= 0.6 is 0 Å².